The molecule has 6 rings (SSSR count). The van der Waals surface area contributed by atoms with Crippen molar-refractivity contribution in [2.24, 2.45) is 11.8 Å². The lowest BCUT2D eigenvalue weighted by atomic mass is 9.86. The number of thiazole rings is 1. The van der Waals surface area contributed by atoms with Crippen molar-refractivity contribution in [2.45, 2.75) is 63.7 Å². The Labute approximate surface area is 226 Å². The fraction of sp³-hybridized carbons (Fsp3) is 0.464. The number of carbonyl (C=O) groups is 1. The minimum absolute atomic E-state index is 0.0188. The highest BCUT2D eigenvalue weighted by atomic mass is 32.2. The second-order valence-electron chi connectivity index (χ2n) is 11.0. The Morgan fingerprint density at radius 1 is 1.18 bits per heavy atom. The summed E-state index contributed by atoms with van der Waals surface area (Å²) in [6.07, 6.45) is 8.66. The number of nitrogens with zero attached hydrogens (tertiary/aromatic N) is 2. The van der Waals surface area contributed by atoms with Gasteiger partial charge in [-0.25, -0.2) is 18.1 Å². The van der Waals surface area contributed by atoms with Gasteiger partial charge in [-0.1, -0.05) is 26.7 Å². The second-order valence-corrected chi connectivity index (χ2v) is 13.8. The molecule has 200 valence electrons. The van der Waals surface area contributed by atoms with E-state index >= 15 is 0 Å². The van der Waals surface area contributed by atoms with Gasteiger partial charge in [0.05, 0.1) is 23.1 Å². The molecule has 1 aliphatic heterocycles. The molecule has 3 aromatic rings. The van der Waals surface area contributed by atoms with Gasteiger partial charge in [-0.3, -0.25) is 9.59 Å². The third kappa shape index (κ3) is 4.91. The molecule has 1 amide bonds. The molecule has 2 aromatic heterocycles. The van der Waals surface area contributed by atoms with Crippen molar-refractivity contribution in [3.05, 3.63) is 57.3 Å². The minimum atomic E-state index is -3.76. The molecule has 38 heavy (non-hydrogen) atoms. The molecule has 2 aliphatic carbocycles. The van der Waals surface area contributed by atoms with Gasteiger partial charge in [-0.05, 0) is 55.2 Å². The number of benzene rings is 1. The molecule has 2 saturated carbocycles. The smallest absolute Gasteiger partial charge is 0.270 e. The van der Waals surface area contributed by atoms with Gasteiger partial charge in [-0.2, -0.15) is 0 Å². The fourth-order valence-corrected chi connectivity index (χ4v) is 7.10. The number of pyridine rings is 1. The zero-order valence-corrected chi connectivity index (χ0v) is 23.1. The van der Waals surface area contributed by atoms with Gasteiger partial charge in [0.2, 0.25) is 10.0 Å². The monoisotopic (exact) mass is 553 g/mol. The van der Waals surface area contributed by atoms with Gasteiger partial charge in [0, 0.05) is 35.4 Å². The van der Waals surface area contributed by atoms with Gasteiger partial charge in [-0.15, -0.1) is 11.3 Å². The van der Waals surface area contributed by atoms with Crippen LogP contribution >= 0.6 is 11.3 Å². The van der Waals surface area contributed by atoms with Gasteiger partial charge >= 0.3 is 0 Å². The van der Waals surface area contributed by atoms with Crippen LogP contribution in [0.1, 0.15) is 67.9 Å². The summed E-state index contributed by atoms with van der Waals surface area (Å²) in [7, 11) is -3.76. The van der Waals surface area contributed by atoms with Crippen LogP contribution in [0.25, 0.3) is 21.8 Å². The van der Waals surface area contributed by atoms with Crippen LogP contribution in [0, 0.1) is 11.8 Å². The van der Waals surface area contributed by atoms with E-state index in [1.807, 2.05) is 16.0 Å². The first-order chi connectivity index (χ1) is 18.2. The lowest BCUT2D eigenvalue weighted by Crippen LogP contribution is -2.37. The Hall–Kier alpha value is -2.98. The number of hydrogen-bond donors (Lipinski definition) is 1. The Morgan fingerprint density at radius 3 is 2.63 bits per heavy atom. The number of carbonyl (C=O) groups excluding carboxylic acids is 1. The zero-order chi connectivity index (χ0) is 26.6. The number of sulfonamides is 1. The molecular formula is C28H31N3O5S2. The van der Waals surface area contributed by atoms with E-state index < -0.39 is 26.6 Å². The van der Waals surface area contributed by atoms with Crippen LogP contribution in [0.3, 0.4) is 0 Å². The standard InChI is InChI=1S/C28H31N3O5S2/c1-16(2)23-11-18-12-26(36-9-7-17-3-4-17)21(28-29-8-10-37-28)13-20(18)24-14-25(32)22(15-31(23)24)27(33)30-38(34,35)19-5-6-19/h8,10,12-17,19,23H,3-7,9,11H2,1-2H3,(H,30,33). The van der Waals surface area contributed by atoms with Crippen molar-refractivity contribution in [1.82, 2.24) is 14.3 Å². The van der Waals surface area contributed by atoms with Crippen LogP contribution in [0.4, 0.5) is 0 Å². The van der Waals surface area contributed by atoms with Crippen molar-refractivity contribution in [3.8, 4) is 27.6 Å². The average molecular weight is 554 g/mol. The largest absolute Gasteiger partial charge is 0.493 e. The first kappa shape index (κ1) is 25.3. The summed E-state index contributed by atoms with van der Waals surface area (Å²) in [4.78, 5) is 30.6. The number of aromatic nitrogens is 2. The molecule has 8 nitrogen and oxygen atoms in total. The van der Waals surface area contributed by atoms with E-state index in [1.54, 1.807) is 6.20 Å². The highest BCUT2D eigenvalue weighted by molar-refractivity contribution is 7.91. The Bertz CT molecular complexity index is 1550. The number of hydrogen-bond acceptors (Lipinski definition) is 7. The van der Waals surface area contributed by atoms with Crippen molar-refractivity contribution < 1.29 is 17.9 Å². The summed E-state index contributed by atoms with van der Waals surface area (Å²) in [5.74, 6) is 0.909. The molecule has 1 aromatic carbocycles. The molecule has 0 bridgehead atoms. The molecule has 1 atom stereocenters. The third-order valence-corrected chi connectivity index (χ3v) is 10.3. The lowest BCUT2D eigenvalue weighted by molar-refractivity contribution is 0.0979. The maximum Gasteiger partial charge on any atom is 0.270 e. The average Bonchev–Trinajstić information content (AvgIpc) is 3.81. The van der Waals surface area contributed by atoms with E-state index in [9.17, 15) is 18.0 Å². The van der Waals surface area contributed by atoms with Crippen molar-refractivity contribution in [2.75, 3.05) is 6.61 Å². The number of amides is 1. The second kappa shape index (κ2) is 9.64. The topological polar surface area (TPSA) is 107 Å². The molecular weight excluding hydrogens is 522 g/mol. The molecule has 0 spiro atoms. The van der Waals surface area contributed by atoms with Gasteiger partial charge in [0.25, 0.3) is 5.91 Å². The molecule has 1 N–H and O–H groups in total. The summed E-state index contributed by atoms with van der Waals surface area (Å²) in [5, 5.41) is 2.22. The number of ether oxygens (including phenoxy) is 1. The normalized spacial score (nSPS) is 18.7. The Kier molecular flexibility index (Phi) is 6.42. The first-order valence-corrected chi connectivity index (χ1v) is 15.7. The van der Waals surface area contributed by atoms with E-state index in [2.05, 4.69) is 29.6 Å². The Balaban J connectivity index is 1.42. The SMILES string of the molecule is CC(C)C1Cc2cc(OCCC3CC3)c(-c3nccs3)cc2-c2cc(=O)c(C(=O)NS(=O)(=O)C3CC3)cn21. The van der Waals surface area contributed by atoms with Crippen LogP contribution in [-0.2, 0) is 16.4 Å². The Morgan fingerprint density at radius 2 is 1.97 bits per heavy atom. The molecule has 2 fully saturated rings. The molecule has 10 heteroatoms. The molecule has 3 heterocycles. The van der Waals surface area contributed by atoms with Gasteiger partial charge in [0.15, 0.2) is 5.43 Å². The zero-order valence-electron chi connectivity index (χ0n) is 21.5. The van der Waals surface area contributed by atoms with Gasteiger partial charge in [0.1, 0.15) is 16.3 Å². The molecule has 1 unspecified atom stereocenters. The van der Waals surface area contributed by atoms with E-state index in [0.717, 1.165) is 39.8 Å². The fourth-order valence-electron chi connectivity index (χ4n) is 5.15. The van der Waals surface area contributed by atoms with Crippen LogP contribution in [0.2, 0.25) is 0 Å². The summed E-state index contributed by atoms with van der Waals surface area (Å²) in [6, 6.07) is 5.57. The van der Waals surface area contributed by atoms with Gasteiger partial charge < -0.3 is 9.30 Å². The summed E-state index contributed by atoms with van der Waals surface area (Å²) in [6.45, 7) is 4.87. The maximum absolute atomic E-state index is 13.2. The molecule has 0 radical (unpaired) electrons. The summed E-state index contributed by atoms with van der Waals surface area (Å²) in [5.41, 5.74) is 2.91. The number of fused-ring (bicyclic) bond motifs is 3. The number of nitrogens with one attached hydrogen (secondary N) is 1. The first-order valence-electron chi connectivity index (χ1n) is 13.2. The predicted molar refractivity (Wildman–Crippen MR) is 147 cm³/mol. The van der Waals surface area contributed by atoms with Crippen LogP contribution < -0.4 is 14.9 Å². The van der Waals surface area contributed by atoms with Crippen LogP contribution in [-0.4, -0.2) is 35.7 Å². The number of rotatable bonds is 9. The van der Waals surface area contributed by atoms with E-state index in [0.29, 0.717) is 31.6 Å². The molecule has 3 aliphatic rings. The quantitative estimate of drug-likeness (QED) is 0.408. The van der Waals surface area contributed by atoms with E-state index in [-0.39, 0.29) is 17.5 Å². The van der Waals surface area contributed by atoms with Crippen LogP contribution in [0.5, 0.6) is 5.75 Å². The summed E-state index contributed by atoms with van der Waals surface area (Å²) >= 11 is 1.53. The molecule has 0 saturated heterocycles. The van der Waals surface area contributed by atoms with Crippen molar-refractivity contribution >= 4 is 27.3 Å². The maximum atomic E-state index is 13.2. The van der Waals surface area contributed by atoms with Crippen LogP contribution in [0.15, 0.2) is 40.8 Å². The summed E-state index contributed by atoms with van der Waals surface area (Å²) < 4.78 is 35.1. The van der Waals surface area contributed by atoms with Crippen molar-refractivity contribution in [1.29, 1.82) is 0 Å². The highest BCUT2D eigenvalue weighted by Crippen LogP contribution is 2.44. The third-order valence-electron chi connectivity index (χ3n) is 7.70. The predicted octanol–water partition coefficient (Wildman–Crippen LogP) is 4.79. The lowest BCUT2D eigenvalue weighted by Gasteiger charge is -2.34. The van der Waals surface area contributed by atoms with E-state index in [1.165, 1.54) is 36.4 Å². The minimum Gasteiger partial charge on any atom is -0.493 e. The van der Waals surface area contributed by atoms with E-state index in [4.69, 9.17) is 4.74 Å². The van der Waals surface area contributed by atoms with Crippen molar-refractivity contribution in [3.63, 3.8) is 0 Å². The highest BCUT2D eigenvalue weighted by Gasteiger charge is 2.38.